The quantitative estimate of drug-likeness (QED) is 0.0311. The summed E-state index contributed by atoms with van der Waals surface area (Å²) in [6, 6.07) is 32.6. The molecule has 0 saturated carbocycles. The van der Waals surface area contributed by atoms with Gasteiger partial charge in [-0.2, -0.15) is 0 Å². The van der Waals surface area contributed by atoms with Gasteiger partial charge in [0.2, 0.25) is 0 Å². The molecule has 0 spiro atoms. The minimum atomic E-state index is -2.84. The molecule has 608 valence electrons. The van der Waals surface area contributed by atoms with Crippen molar-refractivity contribution in [1.29, 1.82) is 0 Å². The third-order valence-corrected chi connectivity index (χ3v) is 57.8. The number of unbranched alkanes of at least 4 members (excludes halogenated alkanes) is 2. The molecule has 9 atom stereocenters. The summed E-state index contributed by atoms with van der Waals surface area (Å²) in [5, 5.41) is 2.63. The molecule has 1 saturated heterocycles. The highest BCUT2D eigenvalue weighted by atomic mass is 28.4. The Balaban J connectivity index is 1.68. The van der Waals surface area contributed by atoms with Crippen LogP contribution in [0, 0.1) is 5.92 Å². The molecule has 3 aromatic carbocycles. The lowest BCUT2D eigenvalue weighted by Gasteiger charge is -2.46. The normalized spacial score (nSPS) is 18.7. The van der Waals surface area contributed by atoms with Crippen molar-refractivity contribution in [1.82, 2.24) is 0 Å². The fraction of sp³-hybridized carbons (Fsp3) is 0.753. The van der Waals surface area contributed by atoms with Crippen LogP contribution < -0.4 is 10.4 Å². The zero-order valence-electron chi connectivity index (χ0n) is 75.1. The molecule has 0 unspecified atom stereocenters. The highest BCUT2D eigenvalue weighted by Crippen LogP contribution is 2.47. The number of hydrogen-bond donors (Lipinski definition) is 0. The van der Waals surface area contributed by atoms with Crippen LogP contribution in [0.4, 0.5) is 0 Å². The third kappa shape index (κ3) is 28.7. The smallest absolute Gasteiger partial charge is 0.261 e. The molecule has 106 heavy (non-hydrogen) atoms. The van der Waals surface area contributed by atoms with Crippen LogP contribution in [0.3, 0.4) is 0 Å². The fourth-order valence-corrected chi connectivity index (χ4v) is 25.4. The fourth-order valence-electron chi connectivity index (χ4n) is 12.7. The molecule has 0 amide bonds. The maximum absolute atomic E-state index is 7.73. The highest BCUT2D eigenvalue weighted by molar-refractivity contribution is 6.99. The van der Waals surface area contributed by atoms with Gasteiger partial charge in [-0.25, -0.2) is 0 Å². The van der Waals surface area contributed by atoms with E-state index >= 15 is 0 Å². The minimum Gasteiger partial charge on any atom is -0.414 e. The van der Waals surface area contributed by atoms with E-state index in [0.717, 1.165) is 76.2 Å². The lowest BCUT2D eigenvalue weighted by atomic mass is 9.90. The van der Waals surface area contributed by atoms with E-state index in [1.54, 1.807) is 0 Å². The molecule has 4 rings (SSSR count). The Labute approximate surface area is 661 Å². The van der Waals surface area contributed by atoms with E-state index in [0.29, 0.717) is 19.8 Å². The molecule has 0 aliphatic carbocycles. The summed E-state index contributed by atoms with van der Waals surface area (Å²) in [6.45, 7) is 86.3. The van der Waals surface area contributed by atoms with Crippen LogP contribution in [0.25, 0.3) is 0 Å². The lowest BCUT2D eigenvalue weighted by molar-refractivity contribution is -0.165. The molecule has 0 radical (unpaired) electrons. The van der Waals surface area contributed by atoms with E-state index in [1.807, 2.05) is 13.8 Å². The van der Waals surface area contributed by atoms with E-state index in [9.17, 15) is 0 Å². The standard InChI is InChI=1S/C89H164O10Si7/c1-70(81(80-69-91-89(23,24)93-80)90-67-71-52-41-37-42-53-71)66-79(99-105(35,36)87(17,18)19)78(98-104(33,34)86(14,15)16)65-48-38-43-54-72(94-100(25,26)82(2,3)4)55-49-56-73(95-101(27,28)83(5,6)7)57-50-58-74(96-102(29,30)84(8,9)10)59-51-60-75(97-103(31,32)85(11,12)13)68-92-106(88(20,21)22,76-61-44-39-45-62-76)77-63-46-40-47-64-77/h37,39-42,44-47,50-53,57,59,61-64,70,72-75,78-81H,38,43,48-49,54-56,58,60,65-69H2,1-36H3/b57-50+,59-51+/t70-,72+,73+,74+,75-,78-,79-,80-,81+/m0/s1. The van der Waals surface area contributed by atoms with Crippen molar-refractivity contribution in [3.8, 4) is 0 Å². The van der Waals surface area contributed by atoms with Crippen LogP contribution in [0.15, 0.2) is 115 Å². The van der Waals surface area contributed by atoms with Gasteiger partial charge in [0.1, 0.15) is 6.10 Å². The first-order valence-electron chi connectivity index (χ1n) is 41.2. The summed E-state index contributed by atoms with van der Waals surface area (Å²) < 4.78 is 72.9. The average molecular weight is 1590 g/mol. The van der Waals surface area contributed by atoms with Gasteiger partial charge in [-0.3, -0.25) is 0 Å². The second-order valence-corrected chi connectivity index (χ2v) is 75.2. The Hall–Kier alpha value is -1.74. The van der Waals surface area contributed by atoms with Crippen LogP contribution in [0.5, 0.6) is 0 Å². The Morgan fingerprint density at radius 2 is 0.811 bits per heavy atom. The van der Waals surface area contributed by atoms with Gasteiger partial charge in [-0.15, -0.1) is 0 Å². The van der Waals surface area contributed by atoms with E-state index in [1.165, 1.54) is 10.4 Å². The molecule has 1 aliphatic heterocycles. The number of rotatable bonds is 41. The van der Waals surface area contributed by atoms with Gasteiger partial charge in [0.25, 0.3) is 8.32 Å². The maximum Gasteiger partial charge on any atom is 0.261 e. The molecule has 0 bridgehead atoms. The number of hydrogen-bond acceptors (Lipinski definition) is 10. The van der Waals surface area contributed by atoms with Crippen molar-refractivity contribution in [2.24, 2.45) is 5.92 Å². The Bertz CT molecular complexity index is 3040. The monoisotopic (exact) mass is 1590 g/mol. The van der Waals surface area contributed by atoms with Gasteiger partial charge in [0.05, 0.1) is 56.4 Å². The van der Waals surface area contributed by atoms with Gasteiger partial charge in [0.15, 0.2) is 55.7 Å². The summed E-state index contributed by atoms with van der Waals surface area (Å²) in [4.78, 5) is 0. The molecule has 0 N–H and O–H groups in total. The Morgan fingerprint density at radius 1 is 0.425 bits per heavy atom. The minimum absolute atomic E-state index is 0.0108. The van der Waals surface area contributed by atoms with Crippen molar-refractivity contribution in [3.63, 3.8) is 0 Å². The van der Waals surface area contributed by atoms with Crippen LogP contribution in [-0.4, -0.2) is 126 Å². The number of ether oxygens (including phenoxy) is 3. The van der Waals surface area contributed by atoms with Crippen LogP contribution in [-0.2, 0) is 51.8 Å². The van der Waals surface area contributed by atoms with Crippen molar-refractivity contribution < 1.29 is 45.2 Å². The van der Waals surface area contributed by atoms with E-state index in [4.69, 9.17) is 45.2 Å². The van der Waals surface area contributed by atoms with Gasteiger partial charge < -0.3 is 45.2 Å². The average Bonchev–Trinajstić information content (AvgIpc) is 0.832. The van der Waals surface area contributed by atoms with Gasteiger partial charge in [-0.05, 0) is 201 Å². The molecule has 0 aromatic heterocycles. The summed E-state index contributed by atoms with van der Waals surface area (Å²) in [5.74, 6) is -0.585. The van der Waals surface area contributed by atoms with Gasteiger partial charge in [-0.1, -0.05) is 287 Å². The first kappa shape index (κ1) is 96.6. The molecule has 17 heteroatoms. The van der Waals surface area contributed by atoms with Crippen LogP contribution in [0.2, 0.25) is 114 Å². The predicted octanol–water partition coefficient (Wildman–Crippen LogP) is 25.7. The summed E-state index contributed by atoms with van der Waals surface area (Å²) >= 11 is 0. The largest absolute Gasteiger partial charge is 0.414 e. The first-order valence-corrected chi connectivity index (χ1v) is 60.6. The molecule has 1 aliphatic rings. The maximum atomic E-state index is 7.73. The number of benzene rings is 3. The second kappa shape index (κ2) is 38.6. The van der Waals surface area contributed by atoms with Crippen molar-refractivity contribution >= 4 is 68.6 Å². The Kier molecular flexibility index (Phi) is 35.2. The van der Waals surface area contributed by atoms with Crippen molar-refractivity contribution in [3.05, 3.63) is 121 Å². The summed E-state index contributed by atoms with van der Waals surface area (Å²) in [5.41, 5.74) is 1.15. The predicted molar refractivity (Wildman–Crippen MR) is 474 cm³/mol. The Morgan fingerprint density at radius 3 is 1.25 bits per heavy atom. The summed E-state index contributed by atoms with van der Waals surface area (Å²) in [7, 11) is -16.2. The molecule has 1 heterocycles. The molecular weight excluding hydrogens is 1430 g/mol. The van der Waals surface area contributed by atoms with Crippen LogP contribution >= 0.6 is 0 Å². The lowest BCUT2D eigenvalue weighted by Crippen LogP contribution is -2.67. The molecular formula is C89H164O10Si7. The van der Waals surface area contributed by atoms with E-state index < -0.39 is 64.0 Å². The first-order chi connectivity index (χ1) is 48.1. The third-order valence-electron chi connectivity index (χ3n) is 25.7. The van der Waals surface area contributed by atoms with Gasteiger partial charge >= 0.3 is 0 Å². The molecule has 1 fully saturated rings. The van der Waals surface area contributed by atoms with Crippen molar-refractivity contribution in [2.75, 3.05) is 13.2 Å². The molecule has 10 nitrogen and oxygen atoms in total. The van der Waals surface area contributed by atoms with Crippen molar-refractivity contribution in [2.45, 2.75) is 412 Å². The van der Waals surface area contributed by atoms with Gasteiger partial charge in [0, 0.05) is 6.10 Å². The highest BCUT2D eigenvalue weighted by Gasteiger charge is 2.52. The molecule has 3 aromatic rings. The summed E-state index contributed by atoms with van der Waals surface area (Å²) in [6.07, 6.45) is 19.1. The topological polar surface area (TPSA) is 92.3 Å². The van der Waals surface area contributed by atoms with Crippen LogP contribution in [0.1, 0.15) is 242 Å². The van der Waals surface area contributed by atoms with E-state index in [-0.39, 0.29) is 90.0 Å². The SMILES string of the molecule is C[C@@H](C[C@H](O[Si](C)(C)C(C)(C)C)[C@H](CCCCC[C@H](CCC[C@H](/C=C/C[C@H](/C=C/C[C@@H](CO[Si](c1ccccc1)(c1ccccc1)C(C)(C)C)O[Si](C)(C)C(C)(C)C)O[Si](C)(C)C(C)(C)C)O[Si](C)(C)C(C)(C)C)O[Si](C)(C)C(C)(C)C)O[Si](C)(C)C(C)(C)C)[C@@H](OCc1ccccc1)[C@@H]1COC(C)(C)O1. The van der Waals surface area contributed by atoms with E-state index in [2.05, 4.69) is 346 Å². The second-order valence-electron chi connectivity index (χ2n) is 42.4. The zero-order chi connectivity index (χ0) is 80.8. The zero-order valence-corrected chi connectivity index (χ0v) is 82.1.